The van der Waals surface area contributed by atoms with E-state index in [0.717, 1.165) is 24.9 Å². The van der Waals surface area contributed by atoms with Gasteiger partial charge in [0.05, 0.1) is 6.26 Å². The molecule has 1 atom stereocenters. The molecule has 0 saturated carbocycles. The average molecular weight is 298 g/mol. The van der Waals surface area contributed by atoms with Crippen LogP contribution in [0.25, 0.3) is 0 Å². The second kappa shape index (κ2) is 6.56. The standard InChI is InChI=1S/C14H22N2O3S/c1-20(18,19)16-8-4-5-12(11-16)9-15-10-13-6-2-3-7-14(13)17/h2-3,6-7,12,15,17H,4-5,8-11H2,1H3. The summed E-state index contributed by atoms with van der Waals surface area (Å²) in [4.78, 5) is 0. The fourth-order valence-electron chi connectivity index (χ4n) is 2.57. The average Bonchev–Trinajstić information content (AvgIpc) is 2.40. The number of nitrogens with zero attached hydrogens (tertiary/aromatic N) is 1. The van der Waals surface area contributed by atoms with Crippen molar-refractivity contribution in [2.24, 2.45) is 5.92 Å². The zero-order valence-electron chi connectivity index (χ0n) is 11.7. The minimum atomic E-state index is -3.08. The number of phenolic OH excluding ortho intramolecular Hbond substituents is 1. The number of hydrogen-bond donors (Lipinski definition) is 2. The zero-order valence-corrected chi connectivity index (χ0v) is 12.6. The predicted octanol–water partition coefficient (Wildman–Crippen LogP) is 1.15. The highest BCUT2D eigenvalue weighted by Gasteiger charge is 2.25. The molecule has 6 heteroatoms. The van der Waals surface area contributed by atoms with Gasteiger partial charge in [-0.1, -0.05) is 18.2 Å². The smallest absolute Gasteiger partial charge is 0.211 e. The third-order valence-electron chi connectivity index (χ3n) is 3.69. The van der Waals surface area contributed by atoms with E-state index in [9.17, 15) is 13.5 Å². The first-order valence-electron chi connectivity index (χ1n) is 6.89. The van der Waals surface area contributed by atoms with Crippen molar-refractivity contribution in [1.29, 1.82) is 0 Å². The summed E-state index contributed by atoms with van der Waals surface area (Å²) in [5.41, 5.74) is 0.864. The Balaban J connectivity index is 1.81. The van der Waals surface area contributed by atoms with Gasteiger partial charge in [-0.2, -0.15) is 0 Å². The summed E-state index contributed by atoms with van der Waals surface area (Å²) in [6, 6.07) is 7.24. The molecule has 1 heterocycles. The van der Waals surface area contributed by atoms with Crippen LogP contribution in [0.3, 0.4) is 0 Å². The Morgan fingerprint density at radius 3 is 2.85 bits per heavy atom. The van der Waals surface area contributed by atoms with E-state index in [-0.39, 0.29) is 0 Å². The van der Waals surface area contributed by atoms with Gasteiger partial charge in [-0.15, -0.1) is 0 Å². The lowest BCUT2D eigenvalue weighted by Gasteiger charge is -2.31. The number of hydrogen-bond acceptors (Lipinski definition) is 4. The third kappa shape index (κ3) is 4.19. The highest BCUT2D eigenvalue weighted by atomic mass is 32.2. The molecule has 0 aliphatic carbocycles. The molecule has 5 nitrogen and oxygen atoms in total. The quantitative estimate of drug-likeness (QED) is 0.855. The van der Waals surface area contributed by atoms with Gasteiger partial charge < -0.3 is 10.4 Å². The van der Waals surface area contributed by atoms with E-state index in [1.165, 1.54) is 6.26 Å². The minimum absolute atomic E-state index is 0.293. The largest absolute Gasteiger partial charge is 0.508 e. The molecule has 1 unspecified atom stereocenters. The molecule has 0 aromatic heterocycles. The van der Waals surface area contributed by atoms with Gasteiger partial charge in [0.25, 0.3) is 0 Å². The topological polar surface area (TPSA) is 69.6 Å². The number of piperidine rings is 1. The van der Waals surface area contributed by atoms with Crippen molar-refractivity contribution < 1.29 is 13.5 Å². The first-order chi connectivity index (χ1) is 9.47. The molecule has 1 aromatic carbocycles. The van der Waals surface area contributed by atoms with E-state index >= 15 is 0 Å². The monoisotopic (exact) mass is 298 g/mol. The molecule has 0 spiro atoms. The lowest BCUT2D eigenvalue weighted by atomic mass is 9.99. The van der Waals surface area contributed by atoms with Gasteiger partial charge in [0.1, 0.15) is 5.75 Å². The van der Waals surface area contributed by atoms with E-state index in [0.29, 0.717) is 31.3 Å². The van der Waals surface area contributed by atoms with Crippen molar-refractivity contribution >= 4 is 10.0 Å². The maximum absolute atomic E-state index is 11.5. The maximum atomic E-state index is 11.5. The van der Waals surface area contributed by atoms with Crippen LogP contribution in [-0.4, -0.2) is 43.7 Å². The molecular weight excluding hydrogens is 276 g/mol. The summed E-state index contributed by atoms with van der Waals surface area (Å²) in [6.07, 6.45) is 3.22. The second-order valence-corrected chi connectivity index (χ2v) is 7.37. The highest BCUT2D eigenvalue weighted by molar-refractivity contribution is 7.88. The summed E-state index contributed by atoms with van der Waals surface area (Å²) in [6.45, 7) is 2.59. The Hall–Kier alpha value is -1.11. The van der Waals surface area contributed by atoms with Gasteiger partial charge in [0.2, 0.25) is 10.0 Å². The second-order valence-electron chi connectivity index (χ2n) is 5.39. The van der Waals surface area contributed by atoms with Crippen LogP contribution in [0.2, 0.25) is 0 Å². The van der Waals surface area contributed by atoms with Crippen LogP contribution >= 0.6 is 0 Å². The van der Waals surface area contributed by atoms with Gasteiger partial charge in [-0.25, -0.2) is 12.7 Å². The molecule has 112 valence electrons. The molecule has 0 amide bonds. The molecule has 1 aliphatic rings. The van der Waals surface area contributed by atoms with Crippen LogP contribution in [0.15, 0.2) is 24.3 Å². The molecule has 1 saturated heterocycles. The Kier molecular flexibility index (Phi) is 5.01. The van der Waals surface area contributed by atoms with E-state index < -0.39 is 10.0 Å². The molecule has 20 heavy (non-hydrogen) atoms. The van der Waals surface area contributed by atoms with Crippen LogP contribution in [0.1, 0.15) is 18.4 Å². The Labute approximate surface area is 120 Å². The molecule has 2 rings (SSSR count). The first-order valence-corrected chi connectivity index (χ1v) is 8.74. The molecule has 1 aliphatic heterocycles. The number of para-hydroxylation sites is 1. The zero-order chi connectivity index (χ0) is 14.6. The van der Waals surface area contributed by atoms with Gasteiger partial charge in [0, 0.05) is 25.2 Å². The number of nitrogens with one attached hydrogen (secondary N) is 1. The summed E-state index contributed by atoms with van der Waals surface area (Å²) in [5.74, 6) is 0.630. The Bertz CT molecular complexity index is 545. The minimum Gasteiger partial charge on any atom is -0.508 e. The molecule has 1 fully saturated rings. The number of aromatic hydroxyl groups is 1. The Morgan fingerprint density at radius 2 is 2.15 bits per heavy atom. The first kappa shape index (κ1) is 15.3. The summed E-state index contributed by atoms with van der Waals surface area (Å²) in [7, 11) is -3.08. The van der Waals surface area contributed by atoms with Gasteiger partial charge in [-0.05, 0) is 31.4 Å². The van der Waals surface area contributed by atoms with E-state index in [4.69, 9.17) is 0 Å². The van der Waals surface area contributed by atoms with Crippen molar-refractivity contribution in [2.75, 3.05) is 25.9 Å². The van der Waals surface area contributed by atoms with E-state index in [2.05, 4.69) is 5.32 Å². The van der Waals surface area contributed by atoms with Crippen molar-refractivity contribution in [3.8, 4) is 5.75 Å². The van der Waals surface area contributed by atoms with Crippen molar-refractivity contribution in [2.45, 2.75) is 19.4 Å². The Morgan fingerprint density at radius 1 is 1.40 bits per heavy atom. The maximum Gasteiger partial charge on any atom is 0.211 e. The number of benzene rings is 1. The molecule has 2 N–H and O–H groups in total. The summed E-state index contributed by atoms with van der Waals surface area (Å²) < 4.78 is 24.6. The van der Waals surface area contributed by atoms with Crippen LogP contribution < -0.4 is 5.32 Å². The fourth-order valence-corrected chi connectivity index (χ4v) is 3.51. The number of sulfonamides is 1. The molecule has 0 radical (unpaired) electrons. The predicted molar refractivity (Wildman–Crippen MR) is 79.0 cm³/mol. The number of rotatable bonds is 5. The van der Waals surface area contributed by atoms with E-state index in [1.807, 2.05) is 12.1 Å². The van der Waals surface area contributed by atoms with Gasteiger partial charge in [0.15, 0.2) is 0 Å². The van der Waals surface area contributed by atoms with Crippen LogP contribution in [-0.2, 0) is 16.6 Å². The van der Waals surface area contributed by atoms with Crippen LogP contribution in [0.5, 0.6) is 5.75 Å². The van der Waals surface area contributed by atoms with Gasteiger partial charge >= 0.3 is 0 Å². The van der Waals surface area contributed by atoms with Crippen LogP contribution in [0.4, 0.5) is 0 Å². The van der Waals surface area contributed by atoms with Crippen molar-refractivity contribution in [3.63, 3.8) is 0 Å². The molecule has 1 aromatic rings. The number of phenols is 1. The highest BCUT2D eigenvalue weighted by Crippen LogP contribution is 2.19. The van der Waals surface area contributed by atoms with E-state index in [1.54, 1.807) is 16.4 Å². The normalized spacial score (nSPS) is 20.9. The summed E-state index contributed by atoms with van der Waals surface area (Å²) >= 11 is 0. The lowest BCUT2D eigenvalue weighted by molar-refractivity contribution is 0.261. The van der Waals surface area contributed by atoms with Crippen molar-refractivity contribution in [1.82, 2.24) is 9.62 Å². The SMILES string of the molecule is CS(=O)(=O)N1CCCC(CNCc2ccccc2O)C1. The lowest BCUT2D eigenvalue weighted by Crippen LogP contribution is -2.42. The van der Waals surface area contributed by atoms with Crippen LogP contribution in [0, 0.1) is 5.92 Å². The summed E-state index contributed by atoms with van der Waals surface area (Å²) in [5, 5.41) is 13.0. The molecule has 0 bridgehead atoms. The third-order valence-corrected chi connectivity index (χ3v) is 4.96. The molecular formula is C14H22N2O3S. The fraction of sp³-hybridized carbons (Fsp3) is 0.571. The van der Waals surface area contributed by atoms with Gasteiger partial charge in [-0.3, -0.25) is 0 Å². The van der Waals surface area contributed by atoms with Crippen molar-refractivity contribution in [3.05, 3.63) is 29.8 Å².